The molecule has 0 saturated carbocycles. The van der Waals surface area contributed by atoms with E-state index in [9.17, 15) is 4.79 Å². The summed E-state index contributed by atoms with van der Waals surface area (Å²) in [5.74, 6) is 2.14. The van der Waals surface area contributed by atoms with Gasteiger partial charge in [0.2, 0.25) is 0 Å². The summed E-state index contributed by atoms with van der Waals surface area (Å²) in [5.41, 5.74) is 1.04. The number of nitrogens with one attached hydrogen (secondary N) is 1. The molecule has 0 radical (unpaired) electrons. The molecule has 128 valence electrons. The van der Waals surface area contributed by atoms with Crippen molar-refractivity contribution in [3.63, 3.8) is 0 Å². The van der Waals surface area contributed by atoms with Crippen LogP contribution < -0.4 is 10.1 Å². The molecule has 0 spiro atoms. The molecule has 3 nitrogen and oxygen atoms in total. The molecule has 0 aliphatic carbocycles. The summed E-state index contributed by atoms with van der Waals surface area (Å²) in [4.78, 5) is 12.0. The van der Waals surface area contributed by atoms with E-state index in [1.165, 1.54) is 0 Å². The van der Waals surface area contributed by atoms with E-state index in [4.69, 9.17) is 27.9 Å². The van der Waals surface area contributed by atoms with E-state index in [1.807, 2.05) is 42.5 Å². The minimum atomic E-state index is -0.525. The monoisotopic (exact) mass is 383 g/mol. The summed E-state index contributed by atoms with van der Waals surface area (Å²) in [7, 11) is 0. The van der Waals surface area contributed by atoms with Crippen LogP contribution in [0.4, 0.5) is 0 Å². The molecule has 2 aromatic rings. The van der Waals surface area contributed by atoms with Crippen molar-refractivity contribution in [1.29, 1.82) is 0 Å². The lowest BCUT2D eigenvalue weighted by Crippen LogP contribution is -2.37. The highest BCUT2D eigenvalue weighted by atomic mass is 35.5. The number of para-hydroxylation sites is 1. The van der Waals surface area contributed by atoms with Crippen LogP contribution in [0, 0.1) is 0 Å². The second-order valence-corrected chi connectivity index (χ2v) is 7.10. The van der Waals surface area contributed by atoms with Gasteiger partial charge < -0.3 is 10.1 Å². The summed E-state index contributed by atoms with van der Waals surface area (Å²) in [6.07, 6.45) is -0.525. The molecule has 0 aromatic heterocycles. The van der Waals surface area contributed by atoms with E-state index >= 15 is 0 Å². The molecule has 0 aliphatic heterocycles. The smallest absolute Gasteiger partial charge is 0.260 e. The van der Waals surface area contributed by atoms with E-state index in [-0.39, 0.29) is 5.91 Å². The molecule has 2 rings (SSSR count). The van der Waals surface area contributed by atoms with Crippen LogP contribution in [-0.4, -0.2) is 24.3 Å². The number of carbonyl (C=O) groups is 1. The van der Waals surface area contributed by atoms with Crippen molar-refractivity contribution in [3.8, 4) is 5.75 Å². The Morgan fingerprint density at radius 1 is 1.21 bits per heavy atom. The minimum absolute atomic E-state index is 0.121. The van der Waals surface area contributed by atoms with Crippen LogP contribution in [0.3, 0.4) is 0 Å². The number of ether oxygens (including phenoxy) is 1. The molecule has 0 bridgehead atoms. The Kier molecular flexibility index (Phi) is 7.76. The van der Waals surface area contributed by atoms with Gasteiger partial charge in [-0.1, -0.05) is 47.5 Å². The van der Waals surface area contributed by atoms with Crippen LogP contribution >= 0.6 is 35.0 Å². The first-order valence-electron chi connectivity index (χ1n) is 7.57. The molecular weight excluding hydrogens is 365 g/mol. The Balaban J connectivity index is 1.65. The molecule has 24 heavy (non-hydrogen) atoms. The number of amides is 1. The van der Waals surface area contributed by atoms with Crippen molar-refractivity contribution in [2.24, 2.45) is 0 Å². The minimum Gasteiger partial charge on any atom is -0.481 e. The lowest BCUT2D eigenvalue weighted by Gasteiger charge is -2.14. The first-order chi connectivity index (χ1) is 11.6. The van der Waals surface area contributed by atoms with E-state index in [1.54, 1.807) is 24.8 Å². The zero-order valence-corrected chi connectivity index (χ0v) is 15.6. The maximum atomic E-state index is 12.0. The molecule has 0 fully saturated rings. The number of halogens is 2. The van der Waals surface area contributed by atoms with Crippen molar-refractivity contribution < 1.29 is 9.53 Å². The first kappa shape index (κ1) is 19.0. The fourth-order valence-electron chi connectivity index (χ4n) is 1.97. The molecule has 0 aliphatic rings. The number of hydrogen-bond donors (Lipinski definition) is 1. The van der Waals surface area contributed by atoms with Gasteiger partial charge in [0.15, 0.2) is 6.10 Å². The van der Waals surface area contributed by atoms with Gasteiger partial charge in [-0.25, -0.2) is 0 Å². The number of thioether (sulfide) groups is 1. The SMILES string of the molecule is CC(Oc1ccccc1)C(=O)NCCSCc1ccc(Cl)cc1Cl. The van der Waals surface area contributed by atoms with Crippen molar-refractivity contribution in [2.45, 2.75) is 18.8 Å². The van der Waals surface area contributed by atoms with E-state index in [0.29, 0.717) is 22.3 Å². The zero-order chi connectivity index (χ0) is 17.4. The summed E-state index contributed by atoms with van der Waals surface area (Å²) in [5, 5.41) is 4.18. The highest BCUT2D eigenvalue weighted by Crippen LogP contribution is 2.24. The third-order valence-electron chi connectivity index (χ3n) is 3.24. The molecule has 0 heterocycles. The fourth-order valence-corrected chi connectivity index (χ4v) is 3.38. The average Bonchev–Trinajstić information content (AvgIpc) is 2.57. The zero-order valence-electron chi connectivity index (χ0n) is 13.3. The topological polar surface area (TPSA) is 38.3 Å². The van der Waals surface area contributed by atoms with Gasteiger partial charge in [-0.15, -0.1) is 0 Å². The molecule has 1 N–H and O–H groups in total. The van der Waals surface area contributed by atoms with Crippen LogP contribution in [0.5, 0.6) is 5.75 Å². The third-order valence-corrected chi connectivity index (χ3v) is 4.84. The quantitative estimate of drug-likeness (QED) is 0.664. The van der Waals surface area contributed by atoms with Gasteiger partial charge in [0.05, 0.1) is 0 Å². The molecule has 0 saturated heterocycles. The maximum absolute atomic E-state index is 12.0. The normalized spacial score (nSPS) is 11.8. The summed E-state index contributed by atoms with van der Waals surface area (Å²) >= 11 is 13.7. The van der Waals surface area contributed by atoms with Crippen LogP contribution in [0.15, 0.2) is 48.5 Å². The number of hydrogen-bond acceptors (Lipinski definition) is 3. The predicted molar refractivity (Wildman–Crippen MR) is 102 cm³/mol. The molecular formula is C18H19Cl2NO2S. The Labute approximate surface area is 156 Å². The molecule has 1 atom stereocenters. The molecule has 6 heteroatoms. The standard InChI is InChI=1S/C18H19Cl2NO2S/c1-13(23-16-5-3-2-4-6-16)18(22)21-9-10-24-12-14-7-8-15(19)11-17(14)20/h2-8,11,13H,9-10,12H2,1H3,(H,21,22). The Morgan fingerprint density at radius 2 is 1.96 bits per heavy atom. The van der Waals surface area contributed by atoms with E-state index in [2.05, 4.69) is 5.32 Å². The van der Waals surface area contributed by atoms with Crippen molar-refractivity contribution in [3.05, 3.63) is 64.1 Å². The van der Waals surface area contributed by atoms with Gasteiger partial charge in [0, 0.05) is 28.1 Å². The van der Waals surface area contributed by atoms with Gasteiger partial charge >= 0.3 is 0 Å². The number of rotatable bonds is 8. The van der Waals surface area contributed by atoms with Crippen LogP contribution in [0.1, 0.15) is 12.5 Å². The predicted octanol–water partition coefficient (Wildman–Crippen LogP) is 4.81. The highest BCUT2D eigenvalue weighted by molar-refractivity contribution is 7.98. The largest absolute Gasteiger partial charge is 0.481 e. The van der Waals surface area contributed by atoms with Crippen molar-refractivity contribution in [2.75, 3.05) is 12.3 Å². The lowest BCUT2D eigenvalue weighted by molar-refractivity contribution is -0.127. The van der Waals surface area contributed by atoms with E-state index < -0.39 is 6.10 Å². The summed E-state index contributed by atoms with van der Waals surface area (Å²) < 4.78 is 5.58. The third kappa shape index (κ3) is 6.27. The van der Waals surface area contributed by atoms with Gasteiger partial charge in [0.1, 0.15) is 5.75 Å². The second kappa shape index (κ2) is 9.82. The van der Waals surface area contributed by atoms with Gasteiger partial charge in [0.25, 0.3) is 5.91 Å². The molecule has 1 unspecified atom stereocenters. The second-order valence-electron chi connectivity index (χ2n) is 5.15. The van der Waals surface area contributed by atoms with Gasteiger partial charge in [-0.2, -0.15) is 11.8 Å². The first-order valence-corrected chi connectivity index (χ1v) is 9.48. The number of carbonyl (C=O) groups excluding carboxylic acids is 1. The average molecular weight is 384 g/mol. The van der Waals surface area contributed by atoms with Gasteiger partial charge in [-0.3, -0.25) is 4.79 Å². The lowest BCUT2D eigenvalue weighted by atomic mass is 10.2. The van der Waals surface area contributed by atoms with Crippen LogP contribution in [0.2, 0.25) is 10.0 Å². The number of benzene rings is 2. The highest BCUT2D eigenvalue weighted by Gasteiger charge is 2.13. The van der Waals surface area contributed by atoms with Crippen molar-refractivity contribution >= 4 is 40.9 Å². The van der Waals surface area contributed by atoms with Crippen LogP contribution in [0.25, 0.3) is 0 Å². The summed E-state index contributed by atoms with van der Waals surface area (Å²) in [6.45, 7) is 2.32. The Morgan fingerprint density at radius 3 is 2.67 bits per heavy atom. The maximum Gasteiger partial charge on any atom is 0.260 e. The molecule has 2 aromatic carbocycles. The van der Waals surface area contributed by atoms with Crippen molar-refractivity contribution in [1.82, 2.24) is 5.32 Å². The fraction of sp³-hybridized carbons (Fsp3) is 0.278. The van der Waals surface area contributed by atoms with E-state index in [0.717, 1.165) is 17.1 Å². The van der Waals surface area contributed by atoms with Crippen LogP contribution in [-0.2, 0) is 10.5 Å². The summed E-state index contributed by atoms with van der Waals surface area (Å²) in [6, 6.07) is 14.8. The van der Waals surface area contributed by atoms with Gasteiger partial charge in [-0.05, 0) is 36.8 Å². The Bertz CT molecular complexity index is 667. The Hall–Kier alpha value is -1.36. The molecule has 1 amide bonds.